The number of amidine groups is 1. The van der Waals surface area contributed by atoms with E-state index in [1.807, 2.05) is 26.0 Å². The van der Waals surface area contributed by atoms with Gasteiger partial charge in [0.25, 0.3) is 11.8 Å². The van der Waals surface area contributed by atoms with E-state index in [1.54, 1.807) is 94.0 Å². The summed E-state index contributed by atoms with van der Waals surface area (Å²) in [5, 5.41) is 34.4. The van der Waals surface area contributed by atoms with Crippen molar-refractivity contribution in [2.75, 3.05) is 43.3 Å². The van der Waals surface area contributed by atoms with Gasteiger partial charge in [0.15, 0.2) is 0 Å². The van der Waals surface area contributed by atoms with E-state index >= 15 is 0 Å². The summed E-state index contributed by atoms with van der Waals surface area (Å²) in [6.07, 6.45) is 4.80. The number of hydrogen-bond acceptors (Lipinski definition) is 15. The van der Waals surface area contributed by atoms with Crippen LogP contribution in [0.5, 0.6) is 0 Å². The van der Waals surface area contributed by atoms with E-state index in [2.05, 4.69) is 30.8 Å². The first kappa shape index (κ1) is 53.4. The van der Waals surface area contributed by atoms with Crippen LogP contribution in [0.4, 0.5) is 37.7 Å². The Balaban J connectivity index is 0.000000217. The van der Waals surface area contributed by atoms with Crippen molar-refractivity contribution >= 4 is 66.9 Å². The number of ether oxygens (including phenoxy) is 1. The minimum atomic E-state index is -5.64. The fourth-order valence-corrected chi connectivity index (χ4v) is 9.14. The van der Waals surface area contributed by atoms with Gasteiger partial charge in [0.05, 0.1) is 67.2 Å². The molecule has 2 N–H and O–H groups in total. The lowest BCUT2D eigenvalue weighted by molar-refractivity contribution is -0.0480. The molecule has 6 aromatic rings. The predicted octanol–water partition coefficient (Wildman–Crippen LogP) is 5.20. The van der Waals surface area contributed by atoms with Crippen molar-refractivity contribution in [3.8, 4) is 12.1 Å². The van der Waals surface area contributed by atoms with Gasteiger partial charge in [-0.1, -0.05) is 38.1 Å². The molecule has 8 rings (SSSR count). The van der Waals surface area contributed by atoms with Crippen molar-refractivity contribution in [1.82, 2.24) is 38.0 Å². The van der Waals surface area contributed by atoms with Crippen LogP contribution in [0.1, 0.15) is 68.5 Å². The number of amides is 2. The molecule has 0 spiro atoms. The maximum absolute atomic E-state index is 13.0. The Hall–Kier alpha value is -8.44. The number of aromatic nitrogens is 4. The monoisotopic (exact) mass is 1070 g/mol. The van der Waals surface area contributed by atoms with Crippen LogP contribution < -0.4 is 20.7 Å². The number of imidazole rings is 2. The molecule has 4 aromatic heterocycles. The molecule has 6 heterocycles. The number of hydrazone groups is 2. The number of sulfonamides is 2. The average Bonchev–Trinajstić information content (AvgIpc) is 3.97. The highest BCUT2D eigenvalue weighted by Gasteiger charge is 2.53. The van der Waals surface area contributed by atoms with Crippen molar-refractivity contribution in [3.63, 3.8) is 0 Å². The molecule has 2 aliphatic heterocycles. The molecule has 0 aliphatic carbocycles. The van der Waals surface area contributed by atoms with Crippen molar-refractivity contribution in [1.29, 1.82) is 10.5 Å². The van der Waals surface area contributed by atoms with Crippen molar-refractivity contribution in [2.24, 2.45) is 10.2 Å². The fourth-order valence-electron chi connectivity index (χ4n) is 7.50. The van der Waals surface area contributed by atoms with Gasteiger partial charge < -0.3 is 15.4 Å². The van der Waals surface area contributed by atoms with Crippen LogP contribution >= 0.6 is 0 Å². The summed E-state index contributed by atoms with van der Waals surface area (Å²) in [6.45, 7) is 2.97. The Morgan fingerprint density at radius 3 is 1.49 bits per heavy atom. The largest absolute Gasteiger partial charge is 0.516 e. The summed E-state index contributed by atoms with van der Waals surface area (Å²) in [7, 11) is -10.1. The summed E-state index contributed by atoms with van der Waals surface area (Å²) < 4.78 is 132. The Labute approximate surface area is 418 Å². The van der Waals surface area contributed by atoms with Crippen LogP contribution in [0, 0.1) is 22.7 Å². The third-order valence-electron chi connectivity index (χ3n) is 11.3. The lowest BCUT2D eigenvalue weighted by atomic mass is 10.2. The Morgan fingerprint density at radius 1 is 0.649 bits per heavy atom. The number of nitriles is 2. The lowest BCUT2D eigenvalue weighted by Gasteiger charge is -2.32. The van der Waals surface area contributed by atoms with Gasteiger partial charge in [-0.25, -0.2) is 18.6 Å². The molecule has 2 aliphatic rings. The normalized spacial score (nSPS) is 14.2. The van der Waals surface area contributed by atoms with Crippen LogP contribution in [-0.4, -0.2) is 113 Å². The fraction of sp³-hybridized carbons (Fsp3) is 0.289. The zero-order valence-corrected chi connectivity index (χ0v) is 40.8. The van der Waals surface area contributed by atoms with E-state index in [0.29, 0.717) is 75.8 Å². The smallest absolute Gasteiger partial charge is 0.467 e. The number of alkyl halides is 6. The summed E-state index contributed by atoms with van der Waals surface area (Å²) in [4.78, 5) is 34.9. The summed E-state index contributed by atoms with van der Waals surface area (Å²) in [6, 6.07) is 23.4. The number of halogens is 6. The van der Waals surface area contributed by atoms with Crippen molar-refractivity contribution in [2.45, 2.75) is 50.8 Å². The molecule has 0 saturated carbocycles. The molecular weight excluding hydrogens is 1030 g/mol. The average molecular weight is 1070 g/mol. The van der Waals surface area contributed by atoms with Crippen molar-refractivity contribution < 1.29 is 57.5 Å². The number of carbonyl (C=O) groups excluding carboxylic acids is 2. The quantitative estimate of drug-likeness (QED) is 0.150. The van der Waals surface area contributed by atoms with Gasteiger partial charge in [-0.15, -0.1) is 5.10 Å². The number of benzene rings is 2. The van der Waals surface area contributed by atoms with Gasteiger partial charge in [0, 0.05) is 25.5 Å². The molecule has 0 atom stereocenters. The number of nitrogens with one attached hydrogen (secondary N) is 2. The SMILES string of the molecule is CCc1nc2ccc(C#N)cn2c1C(=O)NCc1ccc(N2CCN(S(=O)(=O)C(F)(F)F)C(OC)=N2)cc1.CCc1nc2ccc(C#N)cn2c1C(=O)NCc1ccc(N2CCN(S(=O)(=O)C(F)(F)F)C=N2)cc1. The molecule has 74 heavy (non-hydrogen) atoms. The number of rotatable bonds is 12. The number of nitrogens with zero attached hydrogens (tertiary/aromatic N) is 12. The molecule has 29 heteroatoms. The third kappa shape index (κ3) is 11.0. The van der Waals surface area contributed by atoms with E-state index in [0.717, 1.165) is 18.2 Å². The minimum Gasteiger partial charge on any atom is -0.467 e. The van der Waals surface area contributed by atoms with Crippen LogP contribution in [0.25, 0.3) is 11.3 Å². The third-order valence-corrected chi connectivity index (χ3v) is 14.3. The molecule has 21 nitrogen and oxygen atoms in total. The number of hydrogen-bond donors (Lipinski definition) is 2. The molecule has 2 amide bonds. The van der Waals surface area contributed by atoms with Crippen LogP contribution in [0.2, 0.25) is 0 Å². The molecule has 0 saturated heterocycles. The zero-order chi connectivity index (χ0) is 53.8. The highest BCUT2D eigenvalue weighted by atomic mass is 32.2. The highest BCUT2D eigenvalue weighted by Crippen LogP contribution is 2.31. The summed E-state index contributed by atoms with van der Waals surface area (Å²) in [5.41, 5.74) is -4.61. The Bertz CT molecular complexity index is 3480. The topological polar surface area (TPSA) is 256 Å². The molecule has 0 unspecified atom stereocenters. The van der Waals surface area contributed by atoms with E-state index in [4.69, 9.17) is 10.00 Å². The Morgan fingerprint density at radius 2 is 1.09 bits per heavy atom. The number of aryl methyl sites for hydroxylation is 2. The second kappa shape index (κ2) is 21.3. The van der Waals surface area contributed by atoms with Crippen LogP contribution in [0.3, 0.4) is 0 Å². The van der Waals surface area contributed by atoms with Gasteiger partial charge in [0.1, 0.15) is 41.2 Å². The highest BCUT2D eigenvalue weighted by molar-refractivity contribution is 7.90. The van der Waals surface area contributed by atoms with Gasteiger partial charge in [-0.3, -0.25) is 28.4 Å². The van der Waals surface area contributed by atoms with Gasteiger partial charge in [0.2, 0.25) is 0 Å². The minimum absolute atomic E-state index is 0.0688. The molecule has 2 aromatic carbocycles. The second-order valence-corrected chi connectivity index (χ2v) is 19.6. The second-order valence-electron chi connectivity index (χ2n) is 15.9. The van der Waals surface area contributed by atoms with E-state index in [9.17, 15) is 58.0 Å². The molecule has 0 radical (unpaired) electrons. The maximum atomic E-state index is 13.0. The number of methoxy groups -OCH3 is 1. The maximum Gasteiger partial charge on any atom is 0.516 e. The first-order chi connectivity index (χ1) is 35.0. The zero-order valence-electron chi connectivity index (χ0n) is 39.1. The van der Waals surface area contributed by atoms with E-state index in [-0.39, 0.29) is 46.6 Å². The first-order valence-corrected chi connectivity index (χ1v) is 24.9. The molecule has 0 fully saturated rings. The molecule has 0 bridgehead atoms. The first-order valence-electron chi connectivity index (χ1n) is 22.0. The van der Waals surface area contributed by atoms with Gasteiger partial charge >= 0.3 is 37.1 Å². The predicted molar refractivity (Wildman–Crippen MR) is 255 cm³/mol. The van der Waals surface area contributed by atoms with E-state index < -0.39 is 50.2 Å². The lowest BCUT2D eigenvalue weighted by Crippen LogP contribution is -2.51. The number of anilines is 2. The molecular formula is C45H42F6N14O7S2. The van der Waals surface area contributed by atoms with Crippen molar-refractivity contribution in [3.05, 3.63) is 130 Å². The number of fused-ring (bicyclic) bond motifs is 2. The van der Waals surface area contributed by atoms with E-state index in [1.165, 1.54) is 10.0 Å². The standard InChI is InChI=1S/C23H22F3N7O4S.C22H20F3N7O3S/c1-3-18-20(31-14-16(12-27)6-9-19(31)29-18)21(34)28-13-15-4-7-17(8-5-15)32-10-11-33(22(30-32)37-2)38(35,36)23(24,25)26;1-2-18-20(31-13-16(11-26)5-8-19(31)29-18)21(33)27-12-15-3-6-17(7-4-15)32-10-9-30(14-28-32)36(34,35)22(23,24)25/h4-9,14H,3,10-11,13H2,1-2H3,(H,28,34);3-8,13-14H,2,9-10,12H2,1H3,(H,27,33). The van der Waals surface area contributed by atoms with Crippen LogP contribution in [0.15, 0.2) is 95.4 Å². The number of carbonyl (C=O) groups is 2. The number of pyridine rings is 2. The summed E-state index contributed by atoms with van der Waals surface area (Å²) >= 11 is 0. The summed E-state index contributed by atoms with van der Waals surface area (Å²) in [5.74, 6) is -0.727. The van der Waals surface area contributed by atoms with Crippen LogP contribution in [-0.2, 0) is 50.7 Å². The molecule has 388 valence electrons. The van der Waals surface area contributed by atoms with Gasteiger partial charge in [-0.05, 0) is 72.5 Å². The Kier molecular flexibility index (Phi) is 15.4. The van der Waals surface area contributed by atoms with Gasteiger partial charge in [-0.2, -0.15) is 58.8 Å².